The maximum atomic E-state index is 13.6. The molecular formula is C22H25F2N3O3S2. The summed E-state index contributed by atoms with van der Waals surface area (Å²) in [5, 5.41) is 0.468. The summed E-state index contributed by atoms with van der Waals surface area (Å²) < 4.78 is 52.2. The Balaban J connectivity index is 1.70. The van der Waals surface area contributed by atoms with Gasteiger partial charge in [-0.2, -0.15) is 0 Å². The molecule has 0 aliphatic carbocycles. The van der Waals surface area contributed by atoms with Crippen LogP contribution in [0.15, 0.2) is 47.4 Å². The number of halogens is 2. The van der Waals surface area contributed by atoms with Crippen LogP contribution in [0.5, 0.6) is 0 Å². The summed E-state index contributed by atoms with van der Waals surface area (Å²) in [6.45, 7) is 1.19. The quantitative estimate of drug-likeness (QED) is 0.408. The average Bonchev–Trinajstić information content (AvgIpc) is 3.13. The highest BCUT2D eigenvalue weighted by atomic mass is 32.2. The third-order valence-electron chi connectivity index (χ3n) is 4.83. The molecule has 0 aliphatic rings. The first kappa shape index (κ1) is 24.2. The van der Waals surface area contributed by atoms with E-state index < -0.39 is 15.7 Å². The number of aromatic nitrogens is 1. The fourth-order valence-electron chi connectivity index (χ4n) is 3.18. The number of sulfone groups is 1. The number of carbonyl (C=O) groups is 1. The first-order valence-corrected chi connectivity index (χ1v) is 12.6. The molecule has 2 aromatic carbocycles. The molecule has 6 nitrogen and oxygen atoms in total. The number of benzene rings is 2. The van der Waals surface area contributed by atoms with Gasteiger partial charge in [-0.3, -0.25) is 9.69 Å². The fraction of sp³-hybridized carbons (Fsp3) is 0.364. The van der Waals surface area contributed by atoms with E-state index in [0.717, 1.165) is 18.7 Å². The zero-order valence-corrected chi connectivity index (χ0v) is 19.6. The number of hydrogen-bond donors (Lipinski definition) is 0. The van der Waals surface area contributed by atoms with E-state index in [-0.39, 0.29) is 35.2 Å². The van der Waals surface area contributed by atoms with Crippen molar-refractivity contribution in [2.24, 2.45) is 0 Å². The molecule has 0 radical (unpaired) electrons. The summed E-state index contributed by atoms with van der Waals surface area (Å²) in [5.41, 5.74) is 0.607. The Morgan fingerprint density at radius 3 is 2.38 bits per heavy atom. The van der Waals surface area contributed by atoms with E-state index in [1.54, 1.807) is 11.0 Å². The van der Waals surface area contributed by atoms with Gasteiger partial charge in [0.2, 0.25) is 5.91 Å². The van der Waals surface area contributed by atoms with Crippen LogP contribution in [-0.4, -0.2) is 57.1 Å². The van der Waals surface area contributed by atoms with Crippen molar-refractivity contribution in [3.05, 3.63) is 54.1 Å². The molecule has 0 atom stereocenters. The highest BCUT2D eigenvalue weighted by Crippen LogP contribution is 2.30. The third kappa shape index (κ3) is 6.30. The average molecular weight is 482 g/mol. The number of nitrogens with zero attached hydrogens (tertiary/aromatic N) is 3. The van der Waals surface area contributed by atoms with E-state index in [4.69, 9.17) is 0 Å². The number of anilines is 1. The van der Waals surface area contributed by atoms with E-state index >= 15 is 0 Å². The summed E-state index contributed by atoms with van der Waals surface area (Å²) in [5.74, 6) is -1.34. The van der Waals surface area contributed by atoms with E-state index in [2.05, 4.69) is 4.98 Å². The Morgan fingerprint density at radius 2 is 1.69 bits per heavy atom. The van der Waals surface area contributed by atoms with Gasteiger partial charge in [0.1, 0.15) is 11.6 Å². The van der Waals surface area contributed by atoms with Crippen LogP contribution in [0.4, 0.5) is 13.9 Å². The molecule has 0 unspecified atom stereocenters. The lowest BCUT2D eigenvalue weighted by Crippen LogP contribution is -2.33. The molecule has 0 bridgehead atoms. The Bertz CT molecular complexity index is 1180. The minimum Gasteiger partial charge on any atom is -0.309 e. The highest BCUT2D eigenvalue weighted by molar-refractivity contribution is 7.91. The van der Waals surface area contributed by atoms with Crippen molar-refractivity contribution in [1.29, 1.82) is 0 Å². The molecule has 0 saturated heterocycles. The number of fused-ring (bicyclic) bond motifs is 1. The molecule has 0 fully saturated rings. The Hall–Kier alpha value is -2.43. The normalized spacial score (nSPS) is 11.9. The molecule has 0 saturated carbocycles. The van der Waals surface area contributed by atoms with Crippen LogP contribution in [0.25, 0.3) is 10.2 Å². The molecule has 0 aliphatic heterocycles. The second-order valence-electron chi connectivity index (χ2n) is 7.69. The molecule has 1 amide bonds. The lowest BCUT2D eigenvalue weighted by atomic mass is 10.3. The van der Waals surface area contributed by atoms with Crippen molar-refractivity contribution in [3.8, 4) is 0 Å². The van der Waals surface area contributed by atoms with Crippen molar-refractivity contribution < 1.29 is 22.0 Å². The molecule has 32 heavy (non-hydrogen) atoms. The SMILES string of the molecule is CN(C)CCCN(C(=O)CCCS(=O)(=O)c1ccc(F)cc1)c1nc2ccc(F)cc2s1. The van der Waals surface area contributed by atoms with Crippen LogP contribution in [0, 0.1) is 11.6 Å². The van der Waals surface area contributed by atoms with Crippen molar-refractivity contribution >= 4 is 42.4 Å². The van der Waals surface area contributed by atoms with Gasteiger partial charge >= 0.3 is 0 Å². The van der Waals surface area contributed by atoms with Gasteiger partial charge in [0, 0.05) is 13.0 Å². The smallest absolute Gasteiger partial charge is 0.228 e. The number of carbonyl (C=O) groups excluding carboxylic acids is 1. The minimum atomic E-state index is -3.62. The monoisotopic (exact) mass is 481 g/mol. The van der Waals surface area contributed by atoms with Gasteiger partial charge in [-0.15, -0.1) is 0 Å². The van der Waals surface area contributed by atoms with Crippen LogP contribution in [0.2, 0.25) is 0 Å². The van der Waals surface area contributed by atoms with Crippen molar-refractivity contribution in [2.75, 3.05) is 37.8 Å². The highest BCUT2D eigenvalue weighted by Gasteiger charge is 2.21. The van der Waals surface area contributed by atoms with Crippen LogP contribution >= 0.6 is 11.3 Å². The Kier molecular flexibility index (Phi) is 7.91. The fourth-order valence-corrected chi connectivity index (χ4v) is 5.53. The Morgan fingerprint density at radius 1 is 1.00 bits per heavy atom. The van der Waals surface area contributed by atoms with Gasteiger partial charge in [-0.05, 0) is 75.9 Å². The summed E-state index contributed by atoms with van der Waals surface area (Å²) >= 11 is 1.23. The molecule has 0 spiro atoms. The predicted octanol–water partition coefficient (Wildman–Crippen LogP) is 4.11. The molecule has 1 aromatic heterocycles. The second kappa shape index (κ2) is 10.5. The maximum absolute atomic E-state index is 13.6. The van der Waals surface area contributed by atoms with Gasteiger partial charge in [0.25, 0.3) is 0 Å². The van der Waals surface area contributed by atoms with E-state index in [1.807, 2.05) is 19.0 Å². The number of hydrogen-bond acceptors (Lipinski definition) is 6. The summed E-state index contributed by atoms with van der Waals surface area (Å²) in [6, 6.07) is 8.92. The first-order chi connectivity index (χ1) is 15.2. The maximum Gasteiger partial charge on any atom is 0.228 e. The number of amides is 1. The van der Waals surface area contributed by atoms with Gasteiger partial charge in [0.05, 0.1) is 20.9 Å². The van der Waals surface area contributed by atoms with Gasteiger partial charge in [-0.1, -0.05) is 11.3 Å². The minimum absolute atomic E-state index is 0.0205. The van der Waals surface area contributed by atoms with Crippen LogP contribution in [-0.2, 0) is 14.6 Å². The summed E-state index contributed by atoms with van der Waals surface area (Å²) in [6.07, 6.45) is 0.853. The third-order valence-corrected chi connectivity index (χ3v) is 7.69. The second-order valence-corrected chi connectivity index (χ2v) is 10.8. The van der Waals surface area contributed by atoms with Crippen molar-refractivity contribution in [2.45, 2.75) is 24.2 Å². The predicted molar refractivity (Wildman–Crippen MR) is 123 cm³/mol. The summed E-state index contributed by atoms with van der Waals surface area (Å²) in [4.78, 5) is 21.1. The van der Waals surface area contributed by atoms with Crippen LogP contribution < -0.4 is 4.90 Å². The topological polar surface area (TPSA) is 70.6 Å². The molecule has 1 heterocycles. The van der Waals surface area contributed by atoms with Gasteiger partial charge in [0.15, 0.2) is 15.0 Å². The first-order valence-electron chi connectivity index (χ1n) is 10.2. The lowest BCUT2D eigenvalue weighted by Gasteiger charge is -2.21. The molecule has 3 rings (SSSR count). The lowest BCUT2D eigenvalue weighted by molar-refractivity contribution is -0.118. The van der Waals surface area contributed by atoms with E-state index in [1.165, 1.54) is 35.6 Å². The Labute approximate surface area is 190 Å². The van der Waals surface area contributed by atoms with E-state index in [0.29, 0.717) is 28.3 Å². The zero-order valence-electron chi connectivity index (χ0n) is 17.9. The van der Waals surface area contributed by atoms with Crippen molar-refractivity contribution in [1.82, 2.24) is 9.88 Å². The molecule has 10 heteroatoms. The van der Waals surface area contributed by atoms with Crippen LogP contribution in [0.1, 0.15) is 19.3 Å². The largest absolute Gasteiger partial charge is 0.309 e. The van der Waals surface area contributed by atoms with Crippen LogP contribution in [0.3, 0.4) is 0 Å². The number of rotatable bonds is 10. The standard InChI is InChI=1S/C22H25F2N3O3S2/c1-26(2)12-4-13-27(22-25-19-11-8-17(24)15-20(19)31-22)21(28)5-3-14-32(29,30)18-9-6-16(23)7-10-18/h6-11,15H,3-5,12-14H2,1-2H3. The molecule has 172 valence electrons. The zero-order chi connectivity index (χ0) is 23.3. The molecule has 0 N–H and O–H groups in total. The van der Waals surface area contributed by atoms with E-state index in [9.17, 15) is 22.0 Å². The molecule has 3 aromatic rings. The van der Waals surface area contributed by atoms with Gasteiger partial charge < -0.3 is 4.90 Å². The van der Waals surface area contributed by atoms with Crippen molar-refractivity contribution in [3.63, 3.8) is 0 Å². The molecular weight excluding hydrogens is 456 g/mol. The van der Waals surface area contributed by atoms with Gasteiger partial charge in [-0.25, -0.2) is 22.2 Å². The summed E-state index contributed by atoms with van der Waals surface area (Å²) in [7, 11) is 0.260. The number of thiazole rings is 1.